The monoisotopic (exact) mass is 491 g/mol. The number of rotatable bonds is 3. The number of benzene rings is 2. The van der Waals surface area contributed by atoms with Crippen molar-refractivity contribution in [2.75, 3.05) is 26.2 Å². The molecule has 5 rings (SSSR count). The van der Waals surface area contributed by atoms with Crippen molar-refractivity contribution in [2.45, 2.75) is 19.2 Å². The number of amides is 2. The third-order valence-electron chi connectivity index (χ3n) is 6.65. The van der Waals surface area contributed by atoms with Crippen LogP contribution in [0.1, 0.15) is 27.9 Å². The first-order chi connectivity index (χ1) is 16.7. The van der Waals surface area contributed by atoms with E-state index in [1.165, 1.54) is 4.90 Å². The fraction of sp³-hybridized carbons (Fsp3) is 0.391. The molecule has 0 spiro atoms. The Balaban J connectivity index is 1.20. The van der Waals surface area contributed by atoms with Gasteiger partial charge in [-0.1, -0.05) is 11.3 Å². The van der Waals surface area contributed by atoms with Gasteiger partial charge in [0.25, 0.3) is 5.91 Å². The van der Waals surface area contributed by atoms with Gasteiger partial charge in [0.1, 0.15) is 17.9 Å². The minimum Gasteiger partial charge on any atom is -0.445 e. The van der Waals surface area contributed by atoms with Gasteiger partial charge in [0.15, 0.2) is 0 Å². The lowest BCUT2D eigenvalue weighted by molar-refractivity contribution is -0.138. The van der Waals surface area contributed by atoms with E-state index in [-0.39, 0.29) is 23.3 Å². The molecule has 1 aromatic heterocycles. The number of piperidine rings is 1. The molecule has 1 N–H and O–H groups in total. The second-order valence-electron chi connectivity index (χ2n) is 8.86. The van der Waals surface area contributed by atoms with Gasteiger partial charge in [-0.3, -0.25) is 9.89 Å². The number of hydrogen-bond donors (Lipinski definition) is 1. The summed E-state index contributed by atoms with van der Waals surface area (Å²) in [5.74, 6) is -0.898. The smallest absolute Gasteiger partial charge is 0.416 e. The lowest BCUT2D eigenvalue weighted by Crippen LogP contribution is -2.43. The molecule has 0 bridgehead atoms. The molecule has 0 saturated carbocycles. The number of halogens is 4. The number of carbonyl (C=O) groups is 2. The summed E-state index contributed by atoms with van der Waals surface area (Å²) >= 11 is 0. The van der Waals surface area contributed by atoms with E-state index in [0.29, 0.717) is 49.7 Å². The molecular formula is C23H21F4N5O3. The maximum absolute atomic E-state index is 13.3. The molecular weight excluding hydrogens is 470 g/mol. The van der Waals surface area contributed by atoms with Crippen LogP contribution in [-0.2, 0) is 17.5 Å². The molecule has 3 aromatic rings. The van der Waals surface area contributed by atoms with Crippen LogP contribution < -0.4 is 0 Å². The predicted octanol–water partition coefficient (Wildman–Crippen LogP) is 3.85. The van der Waals surface area contributed by atoms with Gasteiger partial charge < -0.3 is 14.5 Å². The summed E-state index contributed by atoms with van der Waals surface area (Å²) in [6.07, 6.45) is -4.85. The molecule has 35 heavy (non-hydrogen) atoms. The molecule has 184 valence electrons. The first kappa shape index (κ1) is 23.1. The first-order valence-corrected chi connectivity index (χ1v) is 11.1. The molecule has 0 radical (unpaired) electrons. The number of hydrogen-bond acceptors (Lipinski definition) is 5. The highest BCUT2D eigenvalue weighted by Crippen LogP contribution is 2.34. The number of alkyl halides is 3. The zero-order chi connectivity index (χ0) is 24.7. The van der Waals surface area contributed by atoms with E-state index in [9.17, 15) is 27.2 Å². The zero-order valence-electron chi connectivity index (χ0n) is 18.4. The van der Waals surface area contributed by atoms with Gasteiger partial charge in [0.05, 0.1) is 11.1 Å². The number of aromatic amines is 1. The van der Waals surface area contributed by atoms with Gasteiger partial charge in [0, 0.05) is 37.3 Å². The second kappa shape index (κ2) is 8.82. The SMILES string of the molecule is O=C(OCc1ccc(F)cc1C(F)(F)F)N1CC[C@H]2CN(C(=O)c3ccc4[nH]nnc4c3)C[C@@H]2C1. The quantitative estimate of drug-likeness (QED) is 0.562. The fourth-order valence-corrected chi connectivity index (χ4v) is 4.83. The van der Waals surface area contributed by atoms with Crippen molar-refractivity contribution in [3.8, 4) is 0 Å². The molecule has 0 unspecified atom stereocenters. The van der Waals surface area contributed by atoms with E-state index in [1.807, 2.05) is 0 Å². The van der Waals surface area contributed by atoms with Crippen LogP contribution in [0.4, 0.5) is 22.4 Å². The van der Waals surface area contributed by atoms with Crippen LogP contribution in [0.5, 0.6) is 0 Å². The Morgan fingerprint density at radius 2 is 1.83 bits per heavy atom. The van der Waals surface area contributed by atoms with E-state index in [2.05, 4.69) is 15.4 Å². The van der Waals surface area contributed by atoms with Crippen molar-refractivity contribution in [2.24, 2.45) is 11.8 Å². The van der Waals surface area contributed by atoms with Gasteiger partial charge in [-0.05, 0) is 48.6 Å². The van der Waals surface area contributed by atoms with Gasteiger partial charge >= 0.3 is 12.3 Å². The number of ether oxygens (including phenoxy) is 1. The third kappa shape index (κ3) is 4.64. The summed E-state index contributed by atoms with van der Waals surface area (Å²) in [6.45, 7) is 1.12. The normalized spacial score (nSPS) is 20.2. The van der Waals surface area contributed by atoms with Gasteiger partial charge in [-0.2, -0.15) is 13.2 Å². The Labute approximate surface area is 196 Å². The molecule has 2 saturated heterocycles. The number of likely N-dealkylation sites (tertiary alicyclic amines) is 2. The van der Waals surface area contributed by atoms with Crippen molar-refractivity contribution in [3.63, 3.8) is 0 Å². The number of nitrogens with one attached hydrogen (secondary N) is 1. The van der Waals surface area contributed by atoms with E-state index in [0.717, 1.165) is 17.6 Å². The molecule has 0 aliphatic carbocycles. The van der Waals surface area contributed by atoms with Crippen LogP contribution >= 0.6 is 0 Å². The minimum absolute atomic E-state index is 0.0348. The van der Waals surface area contributed by atoms with Gasteiger partial charge in [-0.15, -0.1) is 5.10 Å². The zero-order valence-corrected chi connectivity index (χ0v) is 18.4. The van der Waals surface area contributed by atoms with Crippen molar-refractivity contribution >= 4 is 23.0 Å². The van der Waals surface area contributed by atoms with E-state index >= 15 is 0 Å². The minimum atomic E-state index is -4.76. The fourth-order valence-electron chi connectivity index (χ4n) is 4.83. The maximum atomic E-state index is 13.3. The molecule has 2 aliphatic rings. The summed E-state index contributed by atoms with van der Waals surface area (Å²) in [5, 5.41) is 10.4. The largest absolute Gasteiger partial charge is 0.445 e. The van der Waals surface area contributed by atoms with Crippen molar-refractivity contribution in [3.05, 3.63) is 58.9 Å². The van der Waals surface area contributed by atoms with Gasteiger partial charge in [-0.25, -0.2) is 9.18 Å². The number of aromatic nitrogens is 3. The van der Waals surface area contributed by atoms with Crippen LogP contribution in [-0.4, -0.2) is 63.4 Å². The topological polar surface area (TPSA) is 91.4 Å². The summed E-state index contributed by atoms with van der Waals surface area (Å²) in [5.41, 5.74) is 0.340. The summed E-state index contributed by atoms with van der Waals surface area (Å²) in [6, 6.07) is 7.38. The van der Waals surface area contributed by atoms with Crippen LogP contribution in [0, 0.1) is 17.7 Å². The Bertz CT molecular complexity index is 1280. The summed E-state index contributed by atoms with van der Waals surface area (Å²) in [7, 11) is 0. The molecule has 3 heterocycles. The molecule has 2 aliphatic heterocycles. The van der Waals surface area contributed by atoms with Crippen molar-refractivity contribution in [1.29, 1.82) is 0 Å². The van der Waals surface area contributed by atoms with E-state index in [1.54, 1.807) is 23.1 Å². The number of fused-ring (bicyclic) bond motifs is 2. The number of H-pyrrole nitrogens is 1. The van der Waals surface area contributed by atoms with Crippen molar-refractivity contribution in [1.82, 2.24) is 25.2 Å². The second-order valence-corrected chi connectivity index (χ2v) is 8.86. The highest BCUT2D eigenvalue weighted by Gasteiger charge is 2.41. The molecule has 2 fully saturated rings. The molecule has 8 nitrogen and oxygen atoms in total. The Hall–Kier alpha value is -3.70. The summed E-state index contributed by atoms with van der Waals surface area (Å²) in [4.78, 5) is 28.8. The average Bonchev–Trinajstić information content (AvgIpc) is 3.47. The summed E-state index contributed by atoms with van der Waals surface area (Å²) < 4.78 is 58.0. The van der Waals surface area contributed by atoms with Crippen LogP contribution in [0.3, 0.4) is 0 Å². The molecule has 2 atom stereocenters. The molecule has 2 amide bonds. The standard InChI is InChI=1S/C23H21F4N5O3/c24-17-3-1-15(18(8-17)23(25,26)27)12-35-22(34)31-6-5-14-9-32(11-16(14)10-31)21(33)13-2-4-19-20(7-13)29-30-28-19/h1-4,7-8,14,16H,5-6,9-12H2,(H,28,29,30)/t14-,16-/m0/s1. The predicted molar refractivity (Wildman–Crippen MR) is 115 cm³/mol. The Morgan fingerprint density at radius 3 is 2.63 bits per heavy atom. The van der Waals surface area contributed by atoms with Gasteiger partial charge in [0.2, 0.25) is 0 Å². The average molecular weight is 491 g/mol. The van der Waals surface area contributed by atoms with E-state index < -0.39 is 30.3 Å². The number of nitrogens with zero attached hydrogens (tertiary/aromatic N) is 4. The maximum Gasteiger partial charge on any atom is 0.416 e. The Kier molecular flexibility index (Phi) is 5.81. The lowest BCUT2D eigenvalue weighted by atomic mass is 9.89. The van der Waals surface area contributed by atoms with E-state index in [4.69, 9.17) is 4.74 Å². The van der Waals surface area contributed by atoms with Crippen LogP contribution in [0.2, 0.25) is 0 Å². The van der Waals surface area contributed by atoms with Crippen LogP contribution in [0.15, 0.2) is 36.4 Å². The Morgan fingerprint density at radius 1 is 1.06 bits per heavy atom. The lowest BCUT2D eigenvalue weighted by Gasteiger charge is -2.33. The van der Waals surface area contributed by atoms with Crippen molar-refractivity contribution < 1.29 is 31.9 Å². The highest BCUT2D eigenvalue weighted by molar-refractivity contribution is 5.97. The molecule has 12 heteroatoms. The number of carbonyl (C=O) groups excluding carboxylic acids is 2. The van der Waals surface area contributed by atoms with Crippen LogP contribution in [0.25, 0.3) is 11.0 Å². The molecule has 2 aromatic carbocycles. The highest BCUT2D eigenvalue weighted by atomic mass is 19.4. The third-order valence-corrected chi connectivity index (χ3v) is 6.65. The first-order valence-electron chi connectivity index (χ1n) is 11.1.